The molecule has 0 fully saturated rings. The Hall–Kier alpha value is -0.820. The van der Waals surface area contributed by atoms with Crippen molar-refractivity contribution >= 4 is 0 Å². The topological polar surface area (TPSA) is 20.2 Å². The van der Waals surface area contributed by atoms with Crippen molar-refractivity contribution in [2.45, 2.75) is 53.6 Å². The van der Waals surface area contributed by atoms with Gasteiger partial charge in [0.15, 0.2) is 0 Å². The van der Waals surface area contributed by atoms with Crippen LogP contribution in [0.4, 0.5) is 0 Å². The monoisotopic (exact) mass is 234 g/mol. The van der Waals surface area contributed by atoms with E-state index < -0.39 is 0 Å². The molecule has 1 nitrogen and oxygen atoms in total. The summed E-state index contributed by atoms with van der Waals surface area (Å²) in [5, 5.41) is 9.06. The van der Waals surface area contributed by atoms with E-state index in [0.717, 1.165) is 5.56 Å². The summed E-state index contributed by atoms with van der Waals surface area (Å²) in [6.45, 7) is 11.6. The Morgan fingerprint density at radius 2 is 1.59 bits per heavy atom. The van der Waals surface area contributed by atoms with Gasteiger partial charge in [-0.2, -0.15) is 0 Å². The molecule has 0 saturated heterocycles. The van der Waals surface area contributed by atoms with Crippen LogP contribution < -0.4 is 0 Å². The molecule has 0 amide bonds. The van der Waals surface area contributed by atoms with Crippen molar-refractivity contribution in [3.8, 4) is 0 Å². The van der Waals surface area contributed by atoms with Crippen LogP contribution in [0.3, 0.4) is 0 Å². The van der Waals surface area contributed by atoms with Gasteiger partial charge < -0.3 is 5.11 Å². The summed E-state index contributed by atoms with van der Waals surface area (Å²) < 4.78 is 0. The highest BCUT2D eigenvalue weighted by molar-refractivity contribution is 5.25. The first-order chi connectivity index (χ1) is 7.83. The molecular weight excluding hydrogens is 208 g/mol. The molecule has 0 bridgehead atoms. The lowest BCUT2D eigenvalue weighted by Crippen LogP contribution is -2.16. The number of aliphatic hydroxyl groups excluding tert-OH is 1. The Morgan fingerprint density at radius 3 is 1.94 bits per heavy atom. The third kappa shape index (κ3) is 4.51. The summed E-state index contributed by atoms with van der Waals surface area (Å²) in [4.78, 5) is 0. The average Bonchev–Trinajstić information content (AvgIpc) is 2.25. The van der Waals surface area contributed by atoms with E-state index in [1.54, 1.807) is 0 Å². The van der Waals surface area contributed by atoms with Crippen LogP contribution in [0.2, 0.25) is 0 Å². The van der Waals surface area contributed by atoms with E-state index in [0.29, 0.717) is 17.3 Å². The second kappa shape index (κ2) is 5.68. The third-order valence-electron chi connectivity index (χ3n) is 3.23. The van der Waals surface area contributed by atoms with Crippen LogP contribution >= 0.6 is 0 Å². The fraction of sp³-hybridized carbons (Fsp3) is 0.625. The third-order valence-corrected chi connectivity index (χ3v) is 3.23. The molecule has 1 rings (SSSR count). The minimum atomic E-state index is 0.131. The van der Waals surface area contributed by atoms with Crippen LogP contribution in [-0.2, 0) is 6.61 Å². The molecule has 0 aliphatic carbocycles. The molecule has 0 spiro atoms. The van der Waals surface area contributed by atoms with Gasteiger partial charge in [-0.3, -0.25) is 0 Å². The molecule has 96 valence electrons. The molecule has 1 N–H and O–H groups in total. The van der Waals surface area contributed by atoms with Gasteiger partial charge in [0.05, 0.1) is 6.61 Å². The van der Waals surface area contributed by atoms with Crippen molar-refractivity contribution in [3.05, 3.63) is 35.4 Å². The van der Waals surface area contributed by atoms with Gasteiger partial charge in [0.1, 0.15) is 0 Å². The zero-order valence-electron chi connectivity index (χ0n) is 11.8. The maximum atomic E-state index is 9.06. The van der Waals surface area contributed by atoms with E-state index in [2.05, 4.69) is 46.8 Å². The number of rotatable bonds is 4. The fourth-order valence-electron chi connectivity index (χ4n) is 2.27. The molecule has 17 heavy (non-hydrogen) atoms. The summed E-state index contributed by atoms with van der Waals surface area (Å²) in [5.41, 5.74) is 2.74. The van der Waals surface area contributed by atoms with Gasteiger partial charge in [-0.1, -0.05) is 58.9 Å². The lowest BCUT2D eigenvalue weighted by atomic mass is 9.76. The highest BCUT2D eigenvalue weighted by atomic mass is 16.3. The van der Waals surface area contributed by atoms with Crippen LogP contribution in [0.25, 0.3) is 0 Å². The Bertz CT molecular complexity index is 330. The second-order valence-electron chi connectivity index (χ2n) is 6.51. The van der Waals surface area contributed by atoms with E-state index in [9.17, 15) is 0 Å². The van der Waals surface area contributed by atoms with Crippen LogP contribution in [0, 0.1) is 11.3 Å². The Labute approximate surface area is 106 Å². The molecule has 1 heteroatoms. The Kier molecular flexibility index (Phi) is 4.76. The molecule has 0 radical (unpaired) electrons. The standard InChI is InChI=1S/C16H26O/c1-12(2)15(10-16(3,4)5)14-8-6-13(11-17)7-9-14/h6-9,12,15,17H,10-11H2,1-5H3. The van der Waals surface area contributed by atoms with Crippen molar-refractivity contribution in [1.82, 2.24) is 0 Å². The summed E-state index contributed by atoms with van der Waals surface area (Å²) in [6.07, 6.45) is 1.20. The first-order valence-electron chi connectivity index (χ1n) is 6.53. The zero-order chi connectivity index (χ0) is 13.1. The van der Waals surface area contributed by atoms with Gasteiger partial charge >= 0.3 is 0 Å². The Balaban J connectivity index is 2.89. The van der Waals surface area contributed by atoms with Crippen molar-refractivity contribution in [2.24, 2.45) is 11.3 Å². The van der Waals surface area contributed by atoms with Gasteiger partial charge in [-0.05, 0) is 34.8 Å². The molecule has 1 unspecified atom stereocenters. The number of hydrogen-bond acceptors (Lipinski definition) is 1. The average molecular weight is 234 g/mol. The Morgan fingerprint density at radius 1 is 1.06 bits per heavy atom. The van der Waals surface area contributed by atoms with Crippen LogP contribution in [-0.4, -0.2) is 5.11 Å². The van der Waals surface area contributed by atoms with Gasteiger partial charge in [-0.25, -0.2) is 0 Å². The highest BCUT2D eigenvalue weighted by Crippen LogP contribution is 2.36. The SMILES string of the molecule is CC(C)C(CC(C)(C)C)c1ccc(CO)cc1. The van der Waals surface area contributed by atoms with Gasteiger partial charge in [0.2, 0.25) is 0 Å². The van der Waals surface area contributed by atoms with E-state index in [1.807, 2.05) is 12.1 Å². The van der Waals surface area contributed by atoms with E-state index in [4.69, 9.17) is 5.11 Å². The summed E-state index contributed by atoms with van der Waals surface area (Å²) in [7, 11) is 0. The fourth-order valence-corrected chi connectivity index (χ4v) is 2.27. The van der Waals surface area contributed by atoms with Gasteiger partial charge in [0, 0.05) is 0 Å². The first-order valence-corrected chi connectivity index (χ1v) is 6.53. The maximum absolute atomic E-state index is 9.06. The summed E-state index contributed by atoms with van der Waals surface area (Å²) in [6, 6.07) is 8.41. The first kappa shape index (κ1) is 14.2. The molecule has 1 aromatic carbocycles. The number of benzene rings is 1. The molecular formula is C16H26O. The lowest BCUT2D eigenvalue weighted by molar-refractivity contribution is 0.281. The molecule has 0 saturated carbocycles. The summed E-state index contributed by atoms with van der Waals surface area (Å²) >= 11 is 0. The predicted molar refractivity (Wildman–Crippen MR) is 74.0 cm³/mol. The van der Waals surface area contributed by atoms with Crippen LogP contribution in [0.1, 0.15) is 58.1 Å². The smallest absolute Gasteiger partial charge is 0.0681 e. The molecule has 1 atom stereocenters. The number of hydrogen-bond donors (Lipinski definition) is 1. The van der Waals surface area contributed by atoms with E-state index in [-0.39, 0.29) is 6.61 Å². The van der Waals surface area contributed by atoms with Crippen molar-refractivity contribution in [3.63, 3.8) is 0 Å². The highest BCUT2D eigenvalue weighted by Gasteiger charge is 2.22. The quantitative estimate of drug-likeness (QED) is 0.821. The normalized spacial score (nSPS) is 14.1. The van der Waals surface area contributed by atoms with Crippen molar-refractivity contribution < 1.29 is 5.11 Å². The maximum Gasteiger partial charge on any atom is 0.0681 e. The van der Waals surface area contributed by atoms with Crippen LogP contribution in [0.15, 0.2) is 24.3 Å². The van der Waals surface area contributed by atoms with Gasteiger partial charge in [0.25, 0.3) is 0 Å². The minimum absolute atomic E-state index is 0.131. The van der Waals surface area contributed by atoms with Crippen LogP contribution in [0.5, 0.6) is 0 Å². The molecule has 0 aromatic heterocycles. The lowest BCUT2D eigenvalue weighted by Gasteiger charge is -2.29. The van der Waals surface area contributed by atoms with Gasteiger partial charge in [-0.15, -0.1) is 0 Å². The predicted octanol–water partition coefficient (Wildman–Crippen LogP) is 4.35. The minimum Gasteiger partial charge on any atom is -0.392 e. The second-order valence-corrected chi connectivity index (χ2v) is 6.51. The van der Waals surface area contributed by atoms with E-state index in [1.165, 1.54) is 12.0 Å². The largest absolute Gasteiger partial charge is 0.392 e. The molecule has 1 aromatic rings. The zero-order valence-corrected chi connectivity index (χ0v) is 11.8. The summed E-state index contributed by atoms with van der Waals surface area (Å²) in [5.74, 6) is 1.25. The number of aliphatic hydroxyl groups is 1. The molecule has 0 heterocycles. The van der Waals surface area contributed by atoms with Crippen molar-refractivity contribution in [1.29, 1.82) is 0 Å². The van der Waals surface area contributed by atoms with E-state index >= 15 is 0 Å². The molecule has 0 aliphatic rings. The molecule has 0 aliphatic heterocycles. The van der Waals surface area contributed by atoms with Crippen molar-refractivity contribution in [2.75, 3.05) is 0 Å².